The average Bonchev–Trinajstić information content (AvgIpc) is 3.84. The second-order valence-electron chi connectivity index (χ2n) is 13.4. The number of aliphatic hydroxyl groups excluding tert-OH is 2. The maximum absolute atomic E-state index is 13.2. The van der Waals surface area contributed by atoms with E-state index in [-0.39, 0.29) is 43.2 Å². The number of fused-ring (bicyclic) bond motifs is 2. The van der Waals surface area contributed by atoms with E-state index in [0.717, 1.165) is 33.4 Å². The maximum atomic E-state index is 13.2. The second kappa shape index (κ2) is 14.4. The van der Waals surface area contributed by atoms with E-state index in [2.05, 4.69) is 0 Å². The fourth-order valence-corrected chi connectivity index (χ4v) is 7.80. The zero-order valence-electron chi connectivity index (χ0n) is 29.3. The van der Waals surface area contributed by atoms with Gasteiger partial charge in [-0.3, -0.25) is 4.79 Å². The van der Waals surface area contributed by atoms with E-state index in [1.165, 1.54) is 26.4 Å². The van der Waals surface area contributed by atoms with Crippen molar-refractivity contribution in [3.8, 4) is 46.0 Å². The van der Waals surface area contributed by atoms with E-state index in [4.69, 9.17) is 33.2 Å². The van der Waals surface area contributed by atoms with E-state index in [9.17, 15) is 25.2 Å². The Morgan fingerprint density at radius 2 is 1.08 bits per heavy atom. The monoisotopic (exact) mass is 714 g/mol. The van der Waals surface area contributed by atoms with Gasteiger partial charge in [-0.05, 0) is 71.5 Å². The molecule has 6 atom stereocenters. The molecule has 7 rings (SSSR count). The summed E-state index contributed by atoms with van der Waals surface area (Å²) >= 11 is 0. The smallest absolute Gasteiger partial charge is 0.309 e. The fraction of sp³-hybridized carbons (Fsp3) is 0.375. The molecule has 12 heteroatoms. The molecule has 3 aliphatic rings. The van der Waals surface area contributed by atoms with E-state index in [1.807, 2.05) is 24.3 Å². The maximum Gasteiger partial charge on any atom is 0.309 e. The number of methoxy groups -OCH3 is 4. The first-order valence-corrected chi connectivity index (χ1v) is 17.1. The first-order chi connectivity index (χ1) is 25.2. The lowest BCUT2D eigenvalue weighted by atomic mass is 9.83. The molecule has 0 amide bonds. The second-order valence-corrected chi connectivity index (χ2v) is 13.4. The molecule has 0 aliphatic carbocycles. The number of hydrogen-bond acceptors (Lipinski definition) is 12. The molecule has 4 aromatic carbocycles. The number of cyclic esters (lactones) is 1. The van der Waals surface area contributed by atoms with Gasteiger partial charge in [-0.15, -0.1) is 0 Å². The van der Waals surface area contributed by atoms with Crippen molar-refractivity contribution in [3.05, 3.63) is 94.0 Å². The van der Waals surface area contributed by atoms with Crippen LogP contribution in [0.3, 0.4) is 0 Å². The lowest BCUT2D eigenvalue weighted by molar-refractivity contribution is -0.141. The lowest BCUT2D eigenvalue weighted by Crippen LogP contribution is -2.21. The van der Waals surface area contributed by atoms with E-state index in [0.29, 0.717) is 47.3 Å². The summed E-state index contributed by atoms with van der Waals surface area (Å²) in [5.74, 6) is 0.890. The number of benzene rings is 4. The van der Waals surface area contributed by atoms with Crippen LogP contribution in [0.5, 0.6) is 46.0 Å². The van der Waals surface area contributed by atoms with Crippen molar-refractivity contribution in [1.29, 1.82) is 0 Å². The number of aliphatic hydroxyl groups is 2. The van der Waals surface area contributed by atoms with Gasteiger partial charge in [0.25, 0.3) is 0 Å². The van der Waals surface area contributed by atoms with Crippen molar-refractivity contribution in [2.45, 2.75) is 36.9 Å². The van der Waals surface area contributed by atoms with Crippen LogP contribution in [0.4, 0.5) is 0 Å². The minimum absolute atomic E-state index is 0.000573. The van der Waals surface area contributed by atoms with Gasteiger partial charge in [-0.25, -0.2) is 0 Å². The number of ether oxygens (including phenoxy) is 7. The summed E-state index contributed by atoms with van der Waals surface area (Å²) in [6.07, 6.45) is -0.219. The molecule has 12 nitrogen and oxygen atoms in total. The summed E-state index contributed by atoms with van der Waals surface area (Å²) in [5.41, 5.74) is 4.74. The van der Waals surface area contributed by atoms with Gasteiger partial charge in [0.15, 0.2) is 46.0 Å². The number of hydrogen-bond donors (Lipinski definition) is 4. The fourth-order valence-electron chi connectivity index (χ4n) is 7.80. The Kier molecular flexibility index (Phi) is 9.69. The largest absolute Gasteiger partial charge is 0.504 e. The third-order valence-corrected chi connectivity index (χ3v) is 10.5. The number of rotatable bonds is 12. The predicted molar refractivity (Wildman–Crippen MR) is 187 cm³/mol. The van der Waals surface area contributed by atoms with Crippen molar-refractivity contribution in [2.24, 2.45) is 11.8 Å². The molecule has 4 N–H and O–H groups in total. The van der Waals surface area contributed by atoms with Gasteiger partial charge < -0.3 is 53.6 Å². The Labute approximate surface area is 301 Å². The molecule has 3 aliphatic heterocycles. The normalized spacial score (nSPS) is 22.9. The topological polar surface area (TPSA) is 163 Å². The number of phenolic OH excluding ortho intramolecular Hbond substituents is 2. The highest BCUT2D eigenvalue weighted by molar-refractivity contribution is 5.75. The highest BCUT2D eigenvalue weighted by Crippen LogP contribution is 2.53. The van der Waals surface area contributed by atoms with Crippen LogP contribution < -0.4 is 28.4 Å². The molecule has 0 radical (unpaired) electrons. The predicted octanol–water partition coefficient (Wildman–Crippen LogP) is 5.13. The van der Waals surface area contributed by atoms with Gasteiger partial charge in [0.05, 0.1) is 66.0 Å². The van der Waals surface area contributed by atoms with Gasteiger partial charge in [0.2, 0.25) is 0 Å². The third kappa shape index (κ3) is 6.15. The van der Waals surface area contributed by atoms with Crippen LogP contribution in [0.15, 0.2) is 60.7 Å². The van der Waals surface area contributed by atoms with Crippen LogP contribution in [0.2, 0.25) is 0 Å². The zero-order chi connectivity index (χ0) is 36.7. The Morgan fingerprint density at radius 3 is 1.52 bits per heavy atom. The molecule has 274 valence electrons. The van der Waals surface area contributed by atoms with Crippen LogP contribution in [0, 0.1) is 11.8 Å². The number of aromatic hydroxyl groups is 2. The van der Waals surface area contributed by atoms with Gasteiger partial charge in [0, 0.05) is 17.0 Å². The third-order valence-electron chi connectivity index (χ3n) is 10.5. The first kappa shape index (κ1) is 35.1. The van der Waals surface area contributed by atoms with Crippen molar-refractivity contribution < 1.29 is 58.4 Å². The summed E-state index contributed by atoms with van der Waals surface area (Å²) < 4.78 is 40.5. The zero-order valence-corrected chi connectivity index (χ0v) is 29.3. The van der Waals surface area contributed by atoms with Crippen LogP contribution in [0.1, 0.15) is 57.4 Å². The standard InChI is InChI=1S/C40H42O12/c1-46-32-15-22(5-7-30(32)43)36-28(17-41)26-11-20(13-34(48-3)38(26)51-36)9-24-19-50-40(45)25(24)10-21-12-27-29(18-42)37(52-39(27)35(14-21)49-4)23-6-8-31(44)33(16-23)47-2/h5-8,11-16,24-25,28-29,36-37,41-44H,9-10,17-19H2,1-4H3/t24-,25+,28-,29-,36+,37+/m0/s1. The minimum Gasteiger partial charge on any atom is -0.504 e. The van der Waals surface area contributed by atoms with Gasteiger partial charge >= 0.3 is 5.97 Å². The number of phenols is 2. The van der Waals surface area contributed by atoms with Crippen molar-refractivity contribution in [1.82, 2.24) is 0 Å². The molecule has 0 spiro atoms. The molecule has 3 heterocycles. The van der Waals surface area contributed by atoms with E-state index in [1.54, 1.807) is 38.5 Å². The number of esters is 1. The molecule has 0 bridgehead atoms. The average molecular weight is 715 g/mol. The van der Waals surface area contributed by atoms with Gasteiger partial charge in [0.1, 0.15) is 12.2 Å². The van der Waals surface area contributed by atoms with Crippen LogP contribution in [-0.2, 0) is 22.4 Å². The molecule has 0 unspecified atom stereocenters. The first-order valence-electron chi connectivity index (χ1n) is 17.1. The summed E-state index contributed by atoms with van der Waals surface area (Å²) in [4.78, 5) is 13.2. The highest BCUT2D eigenvalue weighted by atomic mass is 16.5. The van der Waals surface area contributed by atoms with Crippen molar-refractivity contribution >= 4 is 5.97 Å². The SMILES string of the molecule is COc1cc([C@H]2Oc3c(OC)cc(C[C@H]4COC(=O)[C@@H]4Cc4cc(OC)c5c(c4)[C@H](CO)[C@@H](c4ccc(O)c(OC)c4)O5)cc3[C@@H]2CO)ccc1O. The number of carbonyl (C=O) groups excluding carboxylic acids is 1. The molecular formula is C40H42O12. The van der Waals surface area contributed by atoms with Crippen molar-refractivity contribution in [3.63, 3.8) is 0 Å². The lowest BCUT2D eigenvalue weighted by Gasteiger charge is -2.19. The van der Waals surface area contributed by atoms with Crippen LogP contribution in [0.25, 0.3) is 0 Å². The summed E-state index contributed by atoms with van der Waals surface area (Å²) in [6, 6.07) is 17.6. The molecule has 1 saturated heterocycles. The van der Waals surface area contributed by atoms with Crippen LogP contribution >= 0.6 is 0 Å². The molecule has 0 aromatic heterocycles. The molecule has 1 fully saturated rings. The van der Waals surface area contributed by atoms with E-state index < -0.39 is 30.0 Å². The Morgan fingerprint density at radius 1 is 0.615 bits per heavy atom. The quantitative estimate of drug-likeness (QED) is 0.144. The molecule has 52 heavy (non-hydrogen) atoms. The van der Waals surface area contributed by atoms with Gasteiger partial charge in [-0.2, -0.15) is 0 Å². The summed E-state index contributed by atoms with van der Waals surface area (Å²) in [7, 11) is 6.05. The van der Waals surface area contributed by atoms with Crippen molar-refractivity contribution in [2.75, 3.05) is 48.3 Å². The molecule has 4 aromatic rings. The Balaban J connectivity index is 1.14. The molecule has 0 saturated carbocycles. The van der Waals surface area contributed by atoms with Gasteiger partial charge in [-0.1, -0.05) is 24.3 Å². The summed E-state index contributed by atoms with van der Waals surface area (Å²) in [6.45, 7) is -0.156. The van der Waals surface area contributed by atoms with E-state index >= 15 is 0 Å². The molecular weight excluding hydrogens is 672 g/mol. The Hall–Kier alpha value is -5.33. The summed E-state index contributed by atoms with van der Waals surface area (Å²) in [5, 5.41) is 41.4. The Bertz CT molecular complexity index is 1970. The highest BCUT2D eigenvalue weighted by Gasteiger charge is 2.42. The minimum atomic E-state index is -0.556. The van der Waals surface area contributed by atoms with Crippen LogP contribution in [-0.4, -0.2) is 74.7 Å². The number of carbonyl (C=O) groups is 1.